The number of carbonyl (C=O) groups is 1. The SMILES string of the molecule is CC(CCCN)C(=O)NCCc1cc(F)cc(F)c1. The first kappa shape index (κ1) is 15.6. The molecule has 1 unspecified atom stereocenters. The molecule has 1 aromatic rings. The van der Waals surface area contributed by atoms with Crippen molar-refractivity contribution >= 4 is 5.91 Å². The predicted molar refractivity (Wildman–Crippen MR) is 70.5 cm³/mol. The third-order valence-corrected chi connectivity index (χ3v) is 2.92. The molecule has 0 aliphatic carbocycles. The van der Waals surface area contributed by atoms with Crippen LogP contribution in [0.15, 0.2) is 18.2 Å². The smallest absolute Gasteiger partial charge is 0.222 e. The van der Waals surface area contributed by atoms with E-state index >= 15 is 0 Å². The van der Waals surface area contributed by atoms with Crippen molar-refractivity contribution in [2.75, 3.05) is 13.1 Å². The molecule has 5 heteroatoms. The second-order valence-electron chi connectivity index (χ2n) is 4.65. The summed E-state index contributed by atoms with van der Waals surface area (Å²) in [5.41, 5.74) is 5.91. The van der Waals surface area contributed by atoms with Crippen LogP contribution in [-0.4, -0.2) is 19.0 Å². The Bertz CT molecular complexity index is 404. The third kappa shape index (κ3) is 5.79. The molecule has 106 valence electrons. The molecular formula is C14H20F2N2O. The van der Waals surface area contributed by atoms with Crippen LogP contribution < -0.4 is 11.1 Å². The minimum atomic E-state index is -0.599. The Morgan fingerprint density at radius 1 is 1.32 bits per heavy atom. The molecule has 0 radical (unpaired) electrons. The highest BCUT2D eigenvalue weighted by molar-refractivity contribution is 5.78. The van der Waals surface area contributed by atoms with E-state index in [1.165, 1.54) is 12.1 Å². The highest BCUT2D eigenvalue weighted by Crippen LogP contribution is 2.08. The summed E-state index contributed by atoms with van der Waals surface area (Å²) in [6.07, 6.45) is 1.96. The number of rotatable bonds is 7. The molecule has 0 heterocycles. The van der Waals surface area contributed by atoms with Crippen molar-refractivity contribution in [2.24, 2.45) is 11.7 Å². The largest absolute Gasteiger partial charge is 0.356 e. The molecule has 1 rings (SSSR count). The van der Waals surface area contributed by atoms with E-state index in [1.54, 1.807) is 0 Å². The van der Waals surface area contributed by atoms with Gasteiger partial charge in [0.1, 0.15) is 11.6 Å². The van der Waals surface area contributed by atoms with Gasteiger partial charge in [-0.05, 0) is 43.5 Å². The Morgan fingerprint density at radius 2 is 1.95 bits per heavy atom. The minimum Gasteiger partial charge on any atom is -0.356 e. The Morgan fingerprint density at radius 3 is 2.53 bits per heavy atom. The van der Waals surface area contributed by atoms with E-state index in [0.717, 1.165) is 18.9 Å². The van der Waals surface area contributed by atoms with Gasteiger partial charge in [-0.3, -0.25) is 4.79 Å². The molecule has 3 N–H and O–H groups in total. The van der Waals surface area contributed by atoms with Crippen molar-refractivity contribution in [3.05, 3.63) is 35.4 Å². The quantitative estimate of drug-likeness (QED) is 0.796. The molecule has 0 saturated heterocycles. The summed E-state index contributed by atoms with van der Waals surface area (Å²) in [6.45, 7) is 2.78. The molecule has 0 bridgehead atoms. The van der Waals surface area contributed by atoms with Gasteiger partial charge in [0.15, 0.2) is 0 Å². The van der Waals surface area contributed by atoms with Gasteiger partial charge in [-0.25, -0.2) is 8.78 Å². The number of hydrogen-bond donors (Lipinski definition) is 2. The van der Waals surface area contributed by atoms with Crippen LogP contribution >= 0.6 is 0 Å². The molecule has 0 aliphatic rings. The van der Waals surface area contributed by atoms with Gasteiger partial charge in [0.05, 0.1) is 0 Å². The zero-order valence-corrected chi connectivity index (χ0v) is 11.1. The van der Waals surface area contributed by atoms with E-state index in [1.807, 2.05) is 6.92 Å². The molecule has 0 saturated carbocycles. The normalized spacial score (nSPS) is 12.2. The number of carbonyl (C=O) groups excluding carboxylic acids is 1. The van der Waals surface area contributed by atoms with Crippen molar-refractivity contribution in [1.82, 2.24) is 5.32 Å². The lowest BCUT2D eigenvalue weighted by molar-refractivity contribution is -0.124. The van der Waals surface area contributed by atoms with Gasteiger partial charge < -0.3 is 11.1 Å². The van der Waals surface area contributed by atoms with Gasteiger partial charge in [-0.15, -0.1) is 0 Å². The maximum absolute atomic E-state index is 12.9. The number of halogens is 2. The van der Waals surface area contributed by atoms with Crippen LogP contribution in [-0.2, 0) is 11.2 Å². The van der Waals surface area contributed by atoms with Crippen molar-refractivity contribution in [3.8, 4) is 0 Å². The van der Waals surface area contributed by atoms with Crippen LogP contribution in [0.1, 0.15) is 25.3 Å². The van der Waals surface area contributed by atoms with Crippen LogP contribution in [0.4, 0.5) is 8.78 Å². The van der Waals surface area contributed by atoms with Gasteiger partial charge in [0.2, 0.25) is 5.91 Å². The monoisotopic (exact) mass is 270 g/mol. The van der Waals surface area contributed by atoms with Gasteiger partial charge in [0, 0.05) is 18.5 Å². The average Bonchev–Trinajstić information content (AvgIpc) is 2.34. The van der Waals surface area contributed by atoms with Gasteiger partial charge in [-0.2, -0.15) is 0 Å². The van der Waals surface area contributed by atoms with Gasteiger partial charge in [-0.1, -0.05) is 6.92 Å². The summed E-state index contributed by atoms with van der Waals surface area (Å²) in [5, 5.41) is 2.75. The maximum Gasteiger partial charge on any atom is 0.222 e. The maximum atomic E-state index is 12.9. The van der Waals surface area contributed by atoms with Crippen molar-refractivity contribution in [1.29, 1.82) is 0 Å². The second kappa shape index (κ2) is 7.84. The molecule has 3 nitrogen and oxygen atoms in total. The number of nitrogens with one attached hydrogen (secondary N) is 1. The van der Waals surface area contributed by atoms with Crippen LogP contribution in [0.5, 0.6) is 0 Å². The number of nitrogens with two attached hydrogens (primary N) is 1. The van der Waals surface area contributed by atoms with E-state index in [-0.39, 0.29) is 11.8 Å². The summed E-state index contributed by atoms with van der Waals surface area (Å²) in [7, 11) is 0. The second-order valence-corrected chi connectivity index (χ2v) is 4.65. The fourth-order valence-corrected chi connectivity index (χ4v) is 1.81. The number of benzene rings is 1. The van der Waals surface area contributed by atoms with Crippen molar-refractivity contribution < 1.29 is 13.6 Å². The molecule has 1 atom stereocenters. The standard InChI is InChI=1S/C14H20F2N2O/c1-10(3-2-5-17)14(19)18-6-4-11-7-12(15)9-13(16)8-11/h7-10H,2-6,17H2,1H3,(H,18,19). The van der Waals surface area contributed by atoms with E-state index in [9.17, 15) is 13.6 Å². The Balaban J connectivity index is 2.35. The van der Waals surface area contributed by atoms with E-state index in [0.29, 0.717) is 25.1 Å². The summed E-state index contributed by atoms with van der Waals surface area (Å²) in [5.74, 6) is -1.34. The fraction of sp³-hybridized carbons (Fsp3) is 0.500. The Kier molecular flexibility index (Phi) is 6.42. The highest BCUT2D eigenvalue weighted by Gasteiger charge is 2.11. The van der Waals surface area contributed by atoms with Crippen LogP contribution in [0, 0.1) is 17.6 Å². The third-order valence-electron chi connectivity index (χ3n) is 2.92. The van der Waals surface area contributed by atoms with Crippen molar-refractivity contribution in [3.63, 3.8) is 0 Å². The lowest BCUT2D eigenvalue weighted by Crippen LogP contribution is -2.31. The van der Waals surface area contributed by atoms with E-state index in [4.69, 9.17) is 5.73 Å². The lowest BCUT2D eigenvalue weighted by Gasteiger charge is -2.11. The predicted octanol–water partition coefficient (Wildman–Crippen LogP) is 2.00. The fourth-order valence-electron chi connectivity index (χ4n) is 1.81. The number of amides is 1. The zero-order chi connectivity index (χ0) is 14.3. The summed E-state index contributed by atoms with van der Waals surface area (Å²) >= 11 is 0. The lowest BCUT2D eigenvalue weighted by atomic mass is 10.0. The zero-order valence-electron chi connectivity index (χ0n) is 11.1. The van der Waals surface area contributed by atoms with Gasteiger partial charge in [0.25, 0.3) is 0 Å². The average molecular weight is 270 g/mol. The summed E-state index contributed by atoms with van der Waals surface area (Å²) in [6, 6.07) is 3.37. The minimum absolute atomic E-state index is 0.0506. The summed E-state index contributed by atoms with van der Waals surface area (Å²) in [4.78, 5) is 11.7. The first-order valence-corrected chi connectivity index (χ1v) is 6.45. The molecule has 1 amide bonds. The van der Waals surface area contributed by atoms with Crippen LogP contribution in [0.2, 0.25) is 0 Å². The number of hydrogen-bond acceptors (Lipinski definition) is 2. The van der Waals surface area contributed by atoms with Crippen LogP contribution in [0.25, 0.3) is 0 Å². The topological polar surface area (TPSA) is 55.1 Å². The van der Waals surface area contributed by atoms with E-state index in [2.05, 4.69) is 5.32 Å². The Labute approximate surface area is 112 Å². The molecule has 0 aliphatic heterocycles. The molecule has 19 heavy (non-hydrogen) atoms. The first-order valence-electron chi connectivity index (χ1n) is 6.45. The molecular weight excluding hydrogens is 250 g/mol. The highest BCUT2D eigenvalue weighted by atomic mass is 19.1. The Hall–Kier alpha value is -1.49. The molecule has 0 spiro atoms. The molecule has 1 aromatic carbocycles. The van der Waals surface area contributed by atoms with Crippen molar-refractivity contribution in [2.45, 2.75) is 26.2 Å². The van der Waals surface area contributed by atoms with Crippen LogP contribution in [0.3, 0.4) is 0 Å². The van der Waals surface area contributed by atoms with E-state index < -0.39 is 11.6 Å². The molecule has 0 aromatic heterocycles. The summed E-state index contributed by atoms with van der Waals surface area (Å²) < 4.78 is 25.9. The molecule has 0 fully saturated rings. The first-order chi connectivity index (χ1) is 9.02. The van der Waals surface area contributed by atoms with Gasteiger partial charge >= 0.3 is 0 Å².